The second-order valence-corrected chi connectivity index (χ2v) is 9.96. The summed E-state index contributed by atoms with van der Waals surface area (Å²) in [4.78, 5) is 13.2. The summed E-state index contributed by atoms with van der Waals surface area (Å²) in [6, 6.07) is 16.2. The highest BCUT2D eigenvalue weighted by Gasteiger charge is 2.34. The number of para-hydroxylation sites is 3. The number of hydrogen-bond acceptors (Lipinski definition) is 3. The largest absolute Gasteiger partial charge is 0.481 e. The molecule has 1 heterocycles. The van der Waals surface area contributed by atoms with Crippen molar-refractivity contribution in [1.82, 2.24) is 4.57 Å². The SMILES string of the molecule is Cc1ccccc1OCc1n(CC(=O)O[C@@H]2C[C@H](C)CC[C@@H]2C(C)C)c2ccccc2[n+]1C. The summed E-state index contributed by atoms with van der Waals surface area (Å²) in [5, 5.41) is 0. The molecule has 176 valence electrons. The molecule has 1 aliphatic rings. The summed E-state index contributed by atoms with van der Waals surface area (Å²) >= 11 is 0. The average Bonchev–Trinajstić information content (AvgIpc) is 3.04. The minimum atomic E-state index is -0.168. The number of carbonyl (C=O) groups excluding carboxylic acids is 1. The summed E-state index contributed by atoms with van der Waals surface area (Å²) in [5.41, 5.74) is 3.17. The number of imidazole rings is 1. The molecule has 0 saturated heterocycles. The summed E-state index contributed by atoms with van der Waals surface area (Å²) in [7, 11) is 2.03. The third kappa shape index (κ3) is 5.07. The van der Waals surface area contributed by atoms with Crippen LogP contribution in [-0.4, -0.2) is 16.6 Å². The van der Waals surface area contributed by atoms with Gasteiger partial charge in [0.15, 0.2) is 24.2 Å². The first kappa shape index (κ1) is 23.3. The van der Waals surface area contributed by atoms with E-state index in [4.69, 9.17) is 9.47 Å². The van der Waals surface area contributed by atoms with Gasteiger partial charge in [-0.15, -0.1) is 0 Å². The molecule has 1 aromatic heterocycles. The van der Waals surface area contributed by atoms with E-state index >= 15 is 0 Å². The van der Waals surface area contributed by atoms with Crippen molar-refractivity contribution in [3.63, 3.8) is 0 Å². The highest BCUT2D eigenvalue weighted by Crippen LogP contribution is 2.35. The van der Waals surface area contributed by atoms with E-state index in [1.807, 2.05) is 54.9 Å². The van der Waals surface area contributed by atoms with E-state index in [1.54, 1.807) is 0 Å². The van der Waals surface area contributed by atoms with Gasteiger partial charge in [0.2, 0.25) is 0 Å². The van der Waals surface area contributed by atoms with Crippen molar-refractivity contribution < 1.29 is 18.8 Å². The van der Waals surface area contributed by atoms with Crippen LogP contribution in [0.3, 0.4) is 0 Å². The van der Waals surface area contributed by atoms with E-state index in [9.17, 15) is 4.79 Å². The first-order valence-electron chi connectivity index (χ1n) is 12.2. The Kier molecular flexibility index (Phi) is 7.06. The lowest BCUT2D eigenvalue weighted by molar-refractivity contribution is -0.655. The molecular formula is C28H37N2O3+. The van der Waals surface area contributed by atoms with Crippen LogP contribution in [0, 0.1) is 24.7 Å². The van der Waals surface area contributed by atoms with Crippen LogP contribution in [0.5, 0.6) is 5.75 Å². The van der Waals surface area contributed by atoms with Crippen LogP contribution in [0.15, 0.2) is 48.5 Å². The first-order chi connectivity index (χ1) is 15.8. The molecule has 0 radical (unpaired) electrons. The lowest BCUT2D eigenvalue weighted by atomic mass is 9.75. The number of carbonyl (C=O) groups is 1. The normalized spacial score (nSPS) is 20.8. The molecule has 5 nitrogen and oxygen atoms in total. The fraction of sp³-hybridized carbons (Fsp3) is 0.500. The molecule has 0 amide bonds. The van der Waals surface area contributed by atoms with E-state index in [0.29, 0.717) is 24.4 Å². The van der Waals surface area contributed by atoms with E-state index in [0.717, 1.165) is 41.0 Å². The molecule has 0 N–H and O–H groups in total. The van der Waals surface area contributed by atoms with Crippen LogP contribution in [0.2, 0.25) is 0 Å². The molecule has 33 heavy (non-hydrogen) atoms. The van der Waals surface area contributed by atoms with Crippen molar-refractivity contribution in [2.45, 2.75) is 66.2 Å². The molecule has 1 saturated carbocycles. The molecular weight excluding hydrogens is 412 g/mol. The number of hydrogen-bond donors (Lipinski definition) is 0. The zero-order valence-electron chi connectivity index (χ0n) is 20.6. The minimum Gasteiger partial charge on any atom is -0.481 e. The topological polar surface area (TPSA) is 44.3 Å². The molecule has 0 bridgehead atoms. The number of rotatable bonds is 7. The summed E-state index contributed by atoms with van der Waals surface area (Å²) < 4.78 is 16.5. The Balaban J connectivity index is 1.58. The van der Waals surface area contributed by atoms with Crippen LogP contribution < -0.4 is 9.30 Å². The van der Waals surface area contributed by atoms with Crippen molar-refractivity contribution >= 4 is 17.0 Å². The average molecular weight is 450 g/mol. The van der Waals surface area contributed by atoms with Crippen molar-refractivity contribution in [1.29, 1.82) is 0 Å². The Bertz CT molecular complexity index is 1120. The number of esters is 1. The fourth-order valence-electron chi connectivity index (χ4n) is 5.23. The number of ether oxygens (including phenoxy) is 2. The minimum absolute atomic E-state index is 0.00324. The Morgan fingerprint density at radius 1 is 1.12 bits per heavy atom. The maximum atomic E-state index is 13.2. The van der Waals surface area contributed by atoms with Gasteiger partial charge in [0.1, 0.15) is 11.9 Å². The molecule has 0 spiro atoms. The molecule has 3 aromatic rings. The molecule has 0 unspecified atom stereocenters. The third-order valence-corrected chi connectivity index (χ3v) is 7.21. The number of nitrogens with zero attached hydrogens (tertiary/aromatic N) is 2. The Labute approximate surface area is 197 Å². The summed E-state index contributed by atoms with van der Waals surface area (Å²) in [5.74, 6) is 3.17. The van der Waals surface area contributed by atoms with Gasteiger partial charge in [-0.25, -0.2) is 13.9 Å². The second kappa shape index (κ2) is 9.98. The number of aryl methyl sites for hydroxylation is 2. The van der Waals surface area contributed by atoms with Crippen LogP contribution in [-0.2, 0) is 29.7 Å². The van der Waals surface area contributed by atoms with Crippen LogP contribution >= 0.6 is 0 Å². The van der Waals surface area contributed by atoms with E-state index in [1.165, 1.54) is 6.42 Å². The monoisotopic (exact) mass is 449 g/mol. The smallest absolute Gasteiger partial charge is 0.348 e. The molecule has 0 aliphatic heterocycles. The van der Waals surface area contributed by atoms with Gasteiger partial charge in [-0.3, -0.25) is 0 Å². The number of aromatic nitrogens is 2. The predicted octanol–water partition coefficient (Wildman–Crippen LogP) is 5.36. The standard InChI is InChI=1S/C28H37N2O3/c1-19(2)22-15-14-20(3)16-26(22)33-28(31)17-30-24-12-8-7-11-23(24)29(5)27(30)18-32-25-13-9-6-10-21(25)4/h6-13,19-20,22,26H,14-18H2,1-5H3/q+1/t20-,22-,26-/m1/s1. The highest BCUT2D eigenvalue weighted by molar-refractivity contribution is 5.76. The highest BCUT2D eigenvalue weighted by atomic mass is 16.5. The zero-order valence-corrected chi connectivity index (χ0v) is 20.6. The summed E-state index contributed by atoms with van der Waals surface area (Å²) in [6.07, 6.45) is 3.31. The second-order valence-electron chi connectivity index (χ2n) is 9.96. The first-order valence-corrected chi connectivity index (χ1v) is 12.2. The Hall–Kier alpha value is -2.82. The quantitative estimate of drug-likeness (QED) is 0.360. The number of fused-ring (bicyclic) bond motifs is 1. The van der Waals surface area contributed by atoms with Gasteiger partial charge in [-0.1, -0.05) is 57.5 Å². The molecule has 2 aromatic carbocycles. The molecule has 1 fully saturated rings. The lowest BCUT2D eigenvalue weighted by Gasteiger charge is -2.36. The zero-order chi connectivity index (χ0) is 23.5. The molecule has 1 aliphatic carbocycles. The van der Waals surface area contributed by atoms with Crippen LogP contribution in [0.4, 0.5) is 0 Å². The van der Waals surface area contributed by atoms with Crippen molar-refractivity contribution in [2.75, 3.05) is 0 Å². The lowest BCUT2D eigenvalue weighted by Crippen LogP contribution is -2.37. The molecule has 5 heteroatoms. The Morgan fingerprint density at radius 2 is 1.85 bits per heavy atom. The van der Waals surface area contributed by atoms with E-state index < -0.39 is 0 Å². The van der Waals surface area contributed by atoms with Crippen LogP contribution in [0.25, 0.3) is 11.0 Å². The van der Waals surface area contributed by atoms with Crippen molar-refractivity contribution in [2.24, 2.45) is 24.8 Å². The van der Waals surface area contributed by atoms with Gasteiger partial charge in [0.25, 0.3) is 5.82 Å². The van der Waals surface area contributed by atoms with E-state index in [2.05, 4.69) is 37.5 Å². The fourth-order valence-corrected chi connectivity index (χ4v) is 5.23. The van der Waals surface area contributed by atoms with Gasteiger partial charge in [-0.2, -0.15) is 0 Å². The van der Waals surface area contributed by atoms with E-state index in [-0.39, 0.29) is 18.6 Å². The van der Waals surface area contributed by atoms with Gasteiger partial charge in [0.05, 0.1) is 7.05 Å². The molecule has 3 atom stereocenters. The number of benzene rings is 2. The van der Waals surface area contributed by atoms with Gasteiger partial charge < -0.3 is 9.47 Å². The maximum Gasteiger partial charge on any atom is 0.348 e. The molecule has 4 rings (SSSR count). The van der Waals surface area contributed by atoms with Crippen LogP contribution in [0.1, 0.15) is 51.4 Å². The third-order valence-electron chi connectivity index (χ3n) is 7.21. The van der Waals surface area contributed by atoms with Gasteiger partial charge in [-0.05, 0) is 61.3 Å². The summed E-state index contributed by atoms with van der Waals surface area (Å²) in [6.45, 7) is 9.34. The van der Waals surface area contributed by atoms with Gasteiger partial charge >= 0.3 is 5.97 Å². The Morgan fingerprint density at radius 3 is 2.61 bits per heavy atom. The van der Waals surface area contributed by atoms with Gasteiger partial charge in [0, 0.05) is 0 Å². The maximum absolute atomic E-state index is 13.2. The predicted molar refractivity (Wildman–Crippen MR) is 130 cm³/mol. The van der Waals surface area contributed by atoms with Crippen molar-refractivity contribution in [3.05, 3.63) is 59.9 Å². The van der Waals surface area contributed by atoms with Crippen molar-refractivity contribution in [3.8, 4) is 5.75 Å².